The van der Waals surface area contributed by atoms with Crippen LogP contribution in [0.5, 0.6) is 17.2 Å². The van der Waals surface area contributed by atoms with Crippen molar-refractivity contribution in [3.05, 3.63) is 48.0 Å². The summed E-state index contributed by atoms with van der Waals surface area (Å²) >= 11 is 0. The molecule has 0 aliphatic rings. The van der Waals surface area contributed by atoms with Crippen LogP contribution in [0.15, 0.2) is 47.4 Å². The van der Waals surface area contributed by atoms with Gasteiger partial charge in [0.25, 0.3) is 0 Å². The Morgan fingerprint density at radius 2 is 1.62 bits per heavy atom. The largest absolute Gasteiger partial charge is 0.497 e. The van der Waals surface area contributed by atoms with Crippen molar-refractivity contribution in [1.82, 2.24) is 4.72 Å². The van der Waals surface area contributed by atoms with Crippen LogP contribution in [0.1, 0.15) is 11.7 Å². The van der Waals surface area contributed by atoms with Crippen LogP contribution in [0, 0.1) is 0 Å². The molecule has 0 spiro atoms. The molecule has 0 radical (unpaired) electrons. The van der Waals surface area contributed by atoms with Gasteiger partial charge in [0.1, 0.15) is 22.1 Å². The van der Waals surface area contributed by atoms with Gasteiger partial charge in [0.15, 0.2) is 0 Å². The summed E-state index contributed by atoms with van der Waals surface area (Å²) < 4.78 is 49.1. The maximum absolute atomic E-state index is 12.8. The minimum Gasteiger partial charge on any atom is -0.497 e. The first-order valence-corrected chi connectivity index (χ1v) is 9.32. The summed E-state index contributed by atoms with van der Waals surface area (Å²) in [7, 11) is 2.10. The van der Waals surface area contributed by atoms with Crippen molar-refractivity contribution in [2.24, 2.45) is 0 Å². The Bertz CT molecular complexity index is 837. The number of benzene rings is 2. The van der Waals surface area contributed by atoms with E-state index in [0.717, 1.165) is 5.56 Å². The lowest BCUT2D eigenvalue weighted by Crippen LogP contribution is -2.29. The van der Waals surface area contributed by atoms with E-state index < -0.39 is 16.1 Å². The molecule has 1 N–H and O–H groups in total. The lowest BCUT2D eigenvalue weighted by atomic mass is 10.1. The van der Waals surface area contributed by atoms with Gasteiger partial charge in [-0.3, -0.25) is 0 Å². The molecule has 0 aliphatic carbocycles. The Balaban J connectivity index is 2.26. The summed E-state index contributed by atoms with van der Waals surface area (Å²) in [5.41, 5.74) is 0.748. The second-order valence-corrected chi connectivity index (χ2v) is 7.07. The lowest BCUT2D eigenvalue weighted by Gasteiger charge is -2.19. The molecule has 0 aromatic heterocycles. The van der Waals surface area contributed by atoms with Gasteiger partial charge in [-0.05, 0) is 18.2 Å². The molecule has 0 saturated carbocycles. The molecule has 1 unspecified atom stereocenters. The number of methoxy groups -OCH3 is 4. The van der Waals surface area contributed by atoms with Crippen LogP contribution in [0.4, 0.5) is 0 Å². The van der Waals surface area contributed by atoms with Gasteiger partial charge < -0.3 is 18.9 Å². The van der Waals surface area contributed by atoms with Crippen LogP contribution < -0.4 is 18.9 Å². The van der Waals surface area contributed by atoms with Crippen LogP contribution in [-0.2, 0) is 14.8 Å². The summed E-state index contributed by atoms with van der Waals surface area (Å²) in [5.74, 6) is 1.27. The van der Waals surface area contributed by atoms with Crippen LogP contribution in [0.3, 0.4) is 0 Å². The minimum atomic E-state index is -3.84. The first kappa shape index (κ1) is 20.0. The predicted octanol–water partition coefficient (Wildman–Crippen LogP) is 2.38. The van der Waals surface area contributed by atoms with Gasteiger partial charge in [-0.15, -0.1) is 0 Å². The fraction of sp³-hybridized carbons (Fsp3) is 0.333. The molecular formula is C18H23NO6S. The highest BCUT2D eigenvalue weighted by Crippen LogP contribution is 2.30. The number of nitrogens with one attached hydrogen (secondary N) is 1. The van der Waals surface area contributed by atoms with Crippen molar-refractivity contribution in [2.45, 2.75) is 11.0 Å². The monoisotopic (exact) mass is 381 g/mol. The number of sulfonamides is 1. The summed E-state index contributed by atoms with van der Waals surface area (Å²) in [6, 6.07) is 11.9. The molecule has 142 valence electrons. The zero-order valence-electron chi connectivity index (χ0n) is 15.2. The topological polar surface area (TPSA) is 83.1 Å². The predicted molar refractivity (Wildman–Crippen MR) is 97.5 cm³/mol. The van der Waals surface area contributed by atoms with Gasteiger partial charge in [0.05, 0.1) is 27.4 Å². The normalized spacial score (nSPS) is 12.5. The van der Waals surface area contributed by atoms with E-state index in [0.29, 0.717) is 11.5 Å². The quantitative estimate of drug-likeness (QED) is 0.718. The van der Waals surface area contributed by atoms with E-state index >= 15 is 0 Å². The highest BCUT2D eigenvalue weighted by Gasteiger charge is 2.23. The Morgan fingerprint density at radius 1 is 0.923 bits per heavy atom. The second kappa shape index (κ2) is 8.88. The van der Waals surface area contributed by atoms with E-state index in [2.05, 4.69) is 4.72 Å². The van der Waals surface area contributed by atoms with E-state index in [-0.39, 0.29) is 17.2 Å². The van der Waals surface area contributed by atoms with E-state index in [9.17, 15) is 8.42 Å². The average Bonchev–Trinajstić information content (AvgIpc) is 2.68. The first-order chi connectivity index (χ1) is 12.5. The number of ether oxygens (including phenoxy) is 4. The Labute approximate surface area is 153 Å². The maximum atomic E-state index is 12.8. The van der Waals surface area contributed by atoms with Gasteiger partial charge in [-0.1, -0.05) is 18.2 Å². The molecule has 7 nitrogen and oxygen atoms in total. The van der Waals surface area contributed by atoms with E-state index in [1.165, 1.54) is 27.4 Å². The van der Waals surface area contributed by atoms with E-state index in [1.807, 2.05) is 18.2 Å². The summed E-state index contributed by atoms with van der Waals surface area (Å²) in [4.78, 5) is -0.00534. The molecule has 2 aromatic carbocycles. The fourth-order valence-electron chi connectivity index (χ4n) is 2.51. The van der Waals surface area contributed by atoms with Crippen LogP contribution in [-0.4, -0.2) is 43.4 Å². The number of para-hydroxylation sites is 1. The van der Waals surface area contributed by atoms with Crippen molar-refractivity contribution < 1.29 is 27.4 Å². The molecule has 0 heterocycles. The molecule has 2 rings (SSSR count). The zero-order valence-corrected chi connectivity index (χ0v) is 16.0. The molecule has 26 heavy (non-hydrogen) atoms. The number of hydrogen-bond acceptors (Lipinski definition) is 6. The second-order valence-electron chi connectivity index (χ2n) is 5.33. The average molecular weight is 381 g/mol. The Kier molecular flexibility index (Phi) is 6.84. The summed E-state index contributed by atoms with van der Waals surface area (Å²) in [5, 5.41) is 0. The van der Waals surface area contributed by atoms with Crippen LogP contribution >= 0.6 is 0 Å². The molecule has 0 saturated heterocycles. The molecule has 2 aromatic rings. The number of rotatable bonds is 9. The summed E-state index contributed by atoms with van der Waals surface area (Å²) in [6.07, 6.45) is -0.516. The van der Waals surface area contributed by atoms with Crippen molar-refractivity contribution >= 4 is 10.0 Å². The maximum Gasteiger partial charge on any atom is 0.244 e. The molecule has 0 bridgehead atoms. The smallest absolute Gasteiger partial charge is 0.244 e. The third-order valence-corrected chi connectivity index (χ3v) is 5.33. The highest BCUT2D eigenvalue weighted by molar-refractivity contribution is 7.89. The van der Waals surface area contributed by atoms with Gasteiger partial charge in [0.2, 0.25) is 10.0 Å². The third kappa shape index (κ3) is 4.46. The molecule has 1 atom stereocenters. The first-order valence-electron chi connectivity index (χ1n) is 7.84. The molecule has 0 aliphatic heterocycles. The zero-order chi connectivity index (χ0) is 19.2. The van der Waals surface area contributed by atoms with Crippen molar-refractivity contribution in [3.63, 3.8) is 0 Å². The van der Waals surface area contributed by atoms with Crippen molar-refractivity contribution in [1.29, 1.82) is 0 Å². The fourth-order valence-corrected chi connectivity index (χ4v) is 3.72. The van der Waals surface area contributed by atoms with Gasteiger partial charge in [0, 0.05) is 25.3 Å². The SMILES string of the molecule is COc1ccc(OC)c(S(=O)(=O)NCC(OC)c2ccccc2OC)c1. The Morgan fingerprint density at radius 3 is 2.23 bits per heavy atom. The highest BCUT2D eigenvalue weighted by atomic mass is 32.2. The Hall–Kier alpha value is -2.29. The molecule has 8 heteroatoms. The van der Waals surface area contributed by atoms with Gasteiger partial charge in [-0.2, -0.15) is 0 Å². The molecule has 0 fully saturated rings. The van der Waals surface area contributed by atoms with Crippen LogP contribution in [0.2, 0.25) is 0 Å². The molecular weight excluding hydrogens is 358 g/mol. The molecule has 0 amide bonds. The lowest BCUT2D eigenvalue weighted by molar-refractivity contribution is 0.105. The van der Waals surface area contributed by atoms with Crippen molar-refractivity contribution in [2.75, 3.05) is 35.0 Å². The van der Waals surface area contributed by atoms with E-state index in [1.54, 1.807) is 25.3 Å². The van der Waals surface area contributed by atoms with E-state index in [4.69, 9.17) is 18.9 Å². The standard InChI is InChI=1S/C18H23NO6S/c1-22-13-9-10-16(24-3)18(11-13)26(20,21)19-12-17(25-4)14-7-5-6-8-15(14)23-2/h5-11,17,19H,12H2,1-4H3. The summed E-state index contributed by atoms with van der Waals surface area (Å²) in [6.45, 7) is 0.0274. The minimum absolute atomic E-state index is 0.00534. The van der Waals surface area contributed by atoms with Crippen molar-refractivity contribution in [3.8, 4) is 17.2 Å². The van der Waals surface area contributed by atoms with Gasteiger partial charge >= 0.3 is 0 Å². The van der Waals surface area contributed by atoms with Gasteiger partial charge in [-0.25, -0.2) is 13.1 Å². The number of hydrogen-bond donors (Lipinski definition) is 1. The van der Waals surface area contributed by atoms with Crippen LogP contribution in [0.25, 0.3) is 0 Å². The third-order valence-electron chi connectivity index (χ3n) is 3.89.